The number of nitrogens with zero attached hydrogens (tertiary/aromatic N) is 2. The molecule has 2 aromatic carbocycles. The number of aryl methyl sites for hydroxylation is 1. The van der Waals surface area contributed by atoms with Crippen LogP contribution in [0.2, 0.25) is 0 Å². The highest BCUT2D eigenvalue weighted by molar-refractivity contribution is 7.93. The summed E-state index contributed by atoms with van der Waals surface area (Å²) in [6.07, 6.45) is 0. The van der Waals surface area contributed by atoms with E-state index in [1.165, 1.54) is 27.8 Å². The molecule has 0 aliphatic rings. The fourth-order valence-electron chi connectivity index (χ4n) is 4.10. The van der Waals surface area contributed by atoms with E-state index in [0.29, 0.717) is 18.4 Å². The summed E-state index contributed by atoms with van der Waals surface area (Å²) >= 11 is 1.50. The molecular formula is C26H35FN2O2S2. The average molecular weight is 491 g/mol. The maximum atomic E-state index is 13.7. The zero-order chi connectivity index (χ0) is 24.2. The van der Waals surface area contributed by atoms with Crippen molar-refractivity contribution < 1.29 is 12.8 Å². The predicted octanol–water partition coefficient (Wildman–Crippen LogP) is 6.30. The van der Waals surface area contributed by atoms with Gasteiger partial charge < -0.3 is 4.90 Å². The average Bonchev–Trinajstić information content (AvgIpc) is 3.07. The molecule has 0 saturated heterocycles. The first-order valence-electron chi connectivity index (χ1n) is 11.5. The molecule has 0 spiro atoms. The third-order valence-electron chi connectivity index (χ3n) is 5.53. The summed E-state index contributed by atoms with van der Waals surface area (Å²) in [5.74, 6) is 0.642. The van der Waals surface area contributed by atoms with Crippen LogP contribution in [0.25, 0.3) is 10.1 Å². The number of anilines is 1. The number of fused-ring (bicyclic) bond motifs is 1. The molecule has 0 radical (unpaired) electrons. The molecular weight excluding hydrogens is 455 g/mol. The van der Waals surface area contributed by atoms with Gasteiger partial charge in [0.15, 0.2) is 0 Å². The fourth-order valence-corrected chi connectivity index (χ4v) is 7.11. The van der Waals surface area contributed by atoms with E-state index in [1.54, 1.807) is 12.1 Å². The first kappa shape index (κ1) is 25.7. The Hall–Kier alpha value is -1.96. The Morgan fingerprint density at radius 2 is 1.55 bits per heavy atom. The maximum absolute atomic E-state index is 13.7. The molecule has 33 heavy (non-hydrogen) atoms. The Morgan fingerprint density at radius 3 is 2.12 bits per heavy atom. The van der Waals surface area contributed by atoms with E-state index in [-0.39, 0.29) is 18.1 Å². The number of hydrogen-bond donors (Lipinski definition) is 0. The lowest BCUT2D eigenvalue weighted by Gasteiger charge is -2.29. The maximum Gasteiger partial charge on any atom is 0.237 e. The fraction of sp³-hybridized carbons (Fsp3) is 0.462. The molecule has 7 heteroatoms. The van der Waals surface area contributed by atoms with Crippen LogP contribution in [-0.4, -0.2) is 38.7 Å². The van der Waals surface area contributed by atoms with Crippen molar-refractivity contribution >= 4 is 36.4 Å². The lowest BCUT2D eigenvalue weighted by molar-refractivity contribution is 0.231. The molecule has 0 aliphatic carbocycles. The molecule has 1 heterocycles. The van der Waals surface area contributed by atoms with E-state index in [0.717, 1.165) is 39.3 Å². The van der Waals surface area contributed by atoms with Crippen molar-refractivity contribution in [2.75, 3.05) is 29.7 Å². The minimum atomic E-state index is -3.61. The number of rotatable bonds is 11. The summed E-state index contributed by atoms with van der Waals surface area (Å²) in [7, 11) is -3.61. The van der Waals surface area contributed by atoms with Gasteiger partial charge in [0.05, 0.1) is 12.3 Å². The van der Waals surface area contributed by atoms with Gasteiger partial charge >= 0.3 is 0 Å². The normalized spacial score (nSPS) is 12.4. The van der Waals surface area contributed by atoms with E-state index in [1.807, 2.05) is 31.2 Å². The third-order valence-corrected chi connectivity index (χ3v) is 8.63. The molecule has 3 rings (SSSR count). The van der Waals surface area contributed by atoms with Crippen LogP contribution in [0.3, 0.4) is 0 Å². The number of sulfonamides is 1. The van der Waals surface area contributed by atoms with Crippen LogP contribution >= 0.6 is 11.3 Å². The molecule has 4 nitrogen and oxygen atoms in total. The van der Waals surface area contributed by atoms with Crippen molar-refractivity contribution in [2.45, 2.75) is 41.2 Å². The summed E-state index contributed by atoms with van der Waals surface area (Å²) in [5, 5.41) is 1.80. The lowest BCUT2D eigenvalue weighted by atomic mass is 10.1. The van der Waals surface area contributed by atoms with Crippen LogP contribution in [0.15, 0.2) is 48.5 Å². The van der Waals surface area contributed by atoms with Crippen molar-refractivity contribution in [3.8, 4) is 0 Å². The summed E-state index contributed by atoms with van der Waals surface area (Å²) < 4.78 is 43.5. The molecule has 0 atom stereocenters. The minimum absolute atomic E-state index is 0.0430. The number of hydrogen-bond acceptors (Lipinski definition) is 4. The second-order valence-electron chi connectivity index (χ2n) is 9.52. The summed E-state index contributed by atoms with van der Waals surface area (Å²) in [6, 6.07) is 14.1. The minimum Gasteiger partial charge on any atom is -0.302 e. The summed E-state index contributed by atoms with van der Waals surface area (Å²) in [5.41, 5.74) is 1.72. The van der Waals surface area contributed by atoms with Crippen LogP contribution < -0.4 is 4.31 Å². The first-order valence-corrected chi connectivity index (χ1v) is 13.9. The zero-order valence-electron chi connectivity index (χ0n) is 20.2. The van der Waals surface area contributed by atoms with Gasteiger partial charge in [0.1, 0.15) is 10.8 Å². The van der Waals surface area contributed by atoms with E-state index >= 15 is 0 Å². The molecule has 1 aromatic heterocycles. The number of thiophene rings is 1. The lowest BCUT2D eigenvalue weighted by Crippen LogP contribution is -2.40. The van der Waals surface area contributed by atoms with Gasteiger partial charge in [-0.2, -0.15) is 0 Å². The molecule has 0 saturated carbocycles. The highest BCUT2D eigenvalue weighted by Crippen LogP contribution is 2.39. The summed E-state index contributed by atoms with van der Waals surface area (Å²) in [4.78, 5) is 2.25. The van der Waals surface area contributed by atoms with Crippen LogP contribution in [0, 0.1) is 24.6 Å². The Bertz CT molecular complexity index is 1140. The first-order chi connectivity index (χ1) is 15.6. The Labute approximate surface area is 202 Å². The van der Waals surface area contributed by atoms with Crippen LogP contribution in [0.5, 0.6) is 0 Å². The molecule has 0 N–H and O–H groups in total. The van der Waals surface area contributed by atoms with Crippen molar-refractivity contribution in [2.24, 2.45) is 11.8 Å². The molecule has 0 bridgehead atoms. The van der Waals surface area contributed by atoms with E-state index in [9.17, 15) is 12.8 Å². The van der Waals surface area contributed by atoms with Gasteiger partial charge in [-0.15, -0.1) is 11.3 Å². The smallest absolute Gasteiger partial charge is 0.237 e. The van der Waals surface area contributed by atoms with E-state index < -0.39 is 10.0 Å². The topological polar surface area (TPSA) is 40.6 Å². The van der Waals surface area contributed by atoms with E-state index in [4.69, 9.17) is 0 Å². The highest BCUT2D eigenvalue weighted by Gasteiger charge is 2.27. The predicted molar refractivity (Wildman–Crippen MR) is 139 cm³/mol. The van der Waals surface area contributed by atoms with Gasteiger partial charge in [-0.25, -0.2) is 12.8 Å². The molecule has 0 amide bonds. The van der Waals surface area contributed by atoms with Gasteiger partial charge in [0.25, 0.3) is 0 Å². The molecule has 0 fully saturated rings. The Morgan fingerprint density at radius 1 is 0.939 bits per heavy atom. The van der Waals surface area contributed by atoms with Gasteiger partial charge in [-0.05, 0) is 53.5 Å². The van der Waals surface area contributed by atoms with Crippen LogP contribution in [-0.2, 0) is 16.6 Å². The number of benzene rings is 2. The summed E-state index contributed by atoms with van der Waals surface area (Å²) in [6.45, 7) is 13.0. The molecule has 0 aliphatic heterocycles. The van der Waals surface area contributed by atoms with Crippen LogP contribution in [0.4, 0.5) is 9.39 Å². The van der Waals surface area contributed by atoms with Crippen LogP contribution in [0.1, 0.15) is 38.8 Å². The third kappa shape index (κ3) is 6.78. The SMILES string of the molecule is Cc1c(N(Cc2ccc(F)cc2)S(=O)(=O)CCN(CC(C)C)CC(C)C)sc2ccccc12. The van der Waals surface area contributed by atoms with Gasteiger partial charge in [0.2, 0.25) is 10.0 Å². The van der Waals surface area contributed by atoms with Crippen molar-refractivity contribution in [3.63, 3.8) is 0 Å². The van der Waals surface area contributed by atoms with Crippen molar-refractivity contribution in [1.29, 1.82) is 0 Å². The Balaban J connectivity index is 1.94. The monoisotopic (exact) mass is 490 g/mol. The quantitative estimate of drug-likeness (QED) is 0.317. The molecule has 180 valence electrons. The largest absolute Gasteiger partial charge is 0.302 e. The molecule has 0 unspecified atom stereocenters. The highest BCUT2D eigenvalue weighted by atomic mass is 32.2. The second-order valence-corrected chi connectivity index (χ2v) is 12.6. The standard InChI is InChI=1S/C26H35FN2O2S2/c1-19(2)16-28(17-20(3)4)14-15-33(30,31)29(18-22-10-12-23(27)13-11-22)26-21(5)24-8-6-7-9-25(24)32-26/h6-13,19-20H,14-18H2,1-5H3. The van der Waals surface area contributed by atoms with Gasteiger partial charge in [0, 0.05) is 24.3 Å². The molecule has 3 aromatic rings. The van der Waals surface area contributed by atoms with Gasteiger partial charge in [-0.1, -0.05) is 58.0 Å². The number of halogens is 1. The Kier molecular flexibility index (Phi) is 8.54. The zero-order valence-corrected chi connectivity index (χ0v) is 21.8. The van der Waals surface area contributed by atoms with E-state index in [2.05, 4.69) is 32.6 Å². The van der Waals surface area contributed by atoms with Crippen molar-refractivity contribution in [3.05, 3.63) is 65.5 Å². The van der Waals surface area contributed by atoms with Gasteiger partial charge in [-0.3, -0.25) is 4.31 Å². The van der Waals surface area contributed by atoms with Crippen molar-refractivity contribution in [1.82, 2.24) is 4.90 Å². The second kappa shape index (κ2) is 11.0.